The summed E-state index contributed by atoms with van der Waals surface area (Å²) >= 11 is 0. The van der Waals surface area contributed by atoms with Crippen molar-refractivity contribution >= 4 is 11.8 Å². The van der Waals surface area contributed by atoms with Gasteiger partial charge in [-0.2, -0.15) is 0 Å². The summed E-state index contributed by atoms with van der Waals surface area (Å²) in [6.45, 7) is 4.27. The fourth-order valence-electron chi connectivity index (χ4n) is 3.07. The number of ketones is 1. The predicted octanol–water partition coefficient (Wildman–Crippen LogP) is 4.35. The topological polar surface area (TPSA) is 63.6 Å². The lowest BCUT2D eigenvalue weighted by molar-refractivity contribution is -0.150. The standard InChI is InChI=1S/C20H34O4/c1-3-5-7-9-11-20(23)24-19-15-18(22)14-16(19)12-13-17(21)10-8-6-4-2/h12-13,16-17,19,21H,3-11,14-15H2,1-2H3. The lowest BCUT2D eigenvalue weighted by atomic mass is 10.0. The minimum absolute atomic E-state index is 0.0853. The van der Waals surface area contributed by atoms with E-state index < -0.39 is 6.10 Å². The molecule has 0 amide bonds. The van der Waals surface area contributed by atoms with Crippen LogP contribution in [0.2, 0.25) is 0 Å². The van der Waals surface area contributed by atoms with Crippen LogP contribution in [0.1, 0.15) is 84.5 Å². The Hall–Kier alpha value is -1.16. The van der Waals surface area contributed by atoms with Crippen LogP contribution in [-0.4, -0.2) is 29.1 Å². The van der Waals surface area contributed by atoms with E-state index in [1.54, 1.807) is 6.08 Å². The van der Waals surface area contributed by atoms with Crippen LogP contribution >= 0.6 is 0 Å². The van der Waals surface area contributed by atoms with Gasteiger partial charge in [0.05, 0.1) is 6.10 Å². The summed E-state index contributed by atoms with van der Waals surface area (Å²) in [5.74, 6) is -0.153. The average molecular weight is 338 g/mol. The minimum Gasteiger partial charge on any atom is -0.461 e. The first-order valence-electron chi connectivity index (χ1n) is 9.64. The maximum Gasteiger partial charge on any atom is 0.306 e. The summed E-state index contributed by atoms with van der Waals surface area (Å²) in [6, 6.07) is 0. The number of carbonyl (C=O) groups excluding carboxylic acids is 2. The van der Waals surface area contributed by atoms with Crippen molar-refractivity contribution in [2.45, 2.75) is 96.7 Å². The van der Waals surface area contributed by atoms with Gasteiger partial charge in [0.1, 0.15) is 11.9 Å². The molecule has 4 heteroatoms. The minimum atomic E-state index is -0.474. The number of aliphatic hydroxyl groups is 1. The molecule has 0 radical (unpaired) electrons. The molecule has 1 saturated carbocycles. The molecular weight excluding hydrogens is 304 g/mol. The maximum absolute atomic E-state index is 11.9. The van der Waals surface area contributed by atoms with Crippen molar-refractivity contribution in [2.24, 2.45) is 5.92 Å². The van der Waals surface area contributed by atoms with E-state index in [-0.39, 0.29) is 23.8 Å². The van der Waals surface area contributed by atoms with Crippen molar-refractivity contribution in [2.75, 3.05) is 0 Å². The summed E-state index contributed by atoms with van der Waals surface area (Å²) in [5.41, 5.74) is 0. The molecule has 0 aliphatic heterocycles. The van der Waals surface area contributed by atoms with E-state index in [9.17, 15) is 14.7 Å². The molecule has 0 saturated heterocycles. The Morgan fingerprint density at radius 1 is 1.17 bits per heavy atom. The summed E-state index contributed by atoms with van der Waals surface area (Å²) in [4.78, 5) is 23.6. The van der Waals surface area contributed by atoms with Gasteiger partial charge in [-0.1, -0.05) is 64.5 Å². The molecule has 1 N–H and O–H groups in total. The summed E-state index contributed by atoms with van der Waals surface area (Å²) in [6.07, 6.45) is 12.1. The van der Waals surface area contributed by atoms with Crippen LogP contribution in [0.5, 0.6) is 0 Å². The summed E-state index contributed by atoms with van der Waals surface area (Å²) in [7, 11) is 0. The molecule has 1 fully saturated rings. The van der Waals surface area contributed by atoms with Crippen molar-refractivity contribution in [3.63, 3.8) is 0 Å². The molecule has 0 aromatic rings. The molecule has 3 unspecified atom stereocenters. The van der Waals surface area contributed by atoms with Crippen molar-refractivity contribution in [1.29, 1.82) is 0 Å². The Bertz CT molecular complexity index is 402. The molecule has 0 aromatic heterocycles. The maximum atomic E-state index is 11.9. The molecule has 1 aliphatic rings. The number of hydrogen-bond donors (Lipinski definition) is 1. The number of Topliss-reactive ketones (excluding diaryl/α,β-unsaturated/α-hetero) is 1. The number of carbonyl (C=O) groups is 2. The van der Waals surface area contributed by atoms with Crippen molar-refractivity contribution in [3.8, 4) is 0 Å². The van der Waals surface area contributed by atoms with Gasteiger partial charge >= 0.3 is 5.97 Å². The third kappa shape index (κ3) is 8.62. The first kappa shape index (κ1) is 20.9. The van der Waals surface area contributed by atoms with E-state index in [1.165, 1.54) is 0 Å². The molecule has 0 bridgehead atoms. The molecule has 138 valence electrons. The largest absolute Gasteiger partial charge is 0.461 e. The zero-order valence-corrected chi connectivity index (χ0v) is 15.3. The van der Waals surface area contributed by atoms with Gasteiger partial charge in [-0.3, -0.25) is 9.59 Å². The molecule has 1 aliphatic carbocycles. The average Bonchev–Trinajstić information content (AvgIpc) is 2.89. The highest BCUT2D eigenvalue weighted by Gasteiger charge is 2.34. The second-order valence-corrected chi connectivity index (χ2v) is 6.90. The first-order valence-corrected chi connectivity index (χ1v) is 9.64. The lowest BCUT2D eigenvalue weighted by Gasteiger charge is -2.17. The Morgan fingerprint density at radius 3 is 2.58 bits per heavy atom. The number of aliphatic hydroxyl groups excluding tert-OH is 1. The smallest absolute Gasteiger partial charge is 0.306 e. The van der Waals surface area contributed by atoms with Gasteiger partial charge in [-0.25, -0.2) is 0 Å². The number of hydrogen-bond acceptors (Lipinski definition) is 4. The van der Waals surface area contributed by atoms with E-state index in [4.69, 9.17) is 4.74 Å². The fourth-order valence-corrected chi connectivity index (χ4v) is 3.07. The van der Waals surface area contributed by atoms with E-state index in [0.717, 1.165) is 51.4 Å². The van der Waals surface area contributed by atoms with Crippen molar-refractivity contribution in [1.82, 2.24) is 0 Å². The van der Waals surface area contributed by atoms with Gasteiger partial charge in [0.25, 0.3) is 0 Å². The normalized spacial score (nSPS) is 22.2. The molecule has 0 aromatic carbocycles. The Morgan fingerprint density at radius 2 is 1.88 bits per heavy atom. The van der Waals surface area contributed by atoms with Crippen molar-refractivity contribution in [3.05, 3.63) is 12.2 Å². The van der Waals surface area contributed by atoms with Gasteiger partial charge < -0.3 is 9.84 Å². The molecule has 24 heavy (non-hydrogen) atoms. The Labute approximate surface area is 146 Å². The van der Waals surface area contributed by atoms with E-state index in [2.05, 4.69) is 13.8 Å². The molecular formula is C20H34O4. The molecule has 0 heterocycles. The van der Waals surface area contributed by atoms with Crippen molar-refractivity contribution < 1.29 is 19.4 Å². The van der Waals surface area contributed by atoms with Crippen LogP contribution in [0.3, 0.4) is 0 Å². The van der Waals surface area contributed by atoms with Crippen LogP contribution in [-0.2, 0) is 14.3 Å². The highest BCUT2D eigenvalue weighted by Crippen LogP contribution is 2.28. The van der Waals surface area contributed by atoms with Gasteiger partial charge in [0.15, 0.2) is 0 Å². The van der Waals surface area contributed by atoms with Gasteiger partial charge in [0.2, 0.25) is 0 Å². The second kappa shape index (κ2) is 12.2. The summed E-state index contributed by atoms with van der Waals surface area (Å²) in [5, 5.41) is 9.96. The zero-order valence-electron chi connectivity index (χ0n) is 15.3. The SMILES string of the molecule is CCCCCCC(=O)OC1CC(=O)CC1C=CC(O)CCCCC. The van der Waals surface area contributed by atoms with Crippen LogP contribution in [0.15, 0.2) is 12.2 Å². The second-order valence-electron chi connectivity index (χ2n) is 6.90. The Kier molecular flexibility index (Phi) is 10.6. The highest BCUT2D eigenvalue weighted by molar-refractivity contribution is 5.82. The first-order chi connectivity index (χ1) is 11.6. The quantitative estimate of drug-likeness (QED) is 0.326. The summed E-state index contributed by atoms with van der Waals surface area (Å²) < 4.78 is 5.51. The third-order valence-electron chi connectivity index (χ3n) is 4.57. The zero-order chi connectivity index (χ0) is 17.8. The predicted molar refractivity (Wildman–Crippen MR) is 95.7 cm³/mol. The Balaban J connectivity index is 2.39. The van der Waals surface area contributed by atoms with Gasteiger partial charge in [-0.15, -0.1) is 0 Å². The van der Waals surface area contributed by atoms with E-state index in [1.807, 2.05) is 6.08 Å². The van der Waals surface area contributed by atoms with Crippen LogP contribution < -0.4 is 0 Å². The number of unbranched alkanes of at least 4 members (excludes halogenated alkanes) is 5. The molecule has 0 spiro atoms. The lowest BCUT2D eigenvalue weighted by Crippen LogP contribution is -2.21. The fraction of sp³-hybridized carbons (Fsp3) is 0.800. The number of rotatable bonds is 12. The van der Waals surface area contributed by atoms with Gasteiger partial charge in [0, 0.05) is 25.2 Å². The van der Waals surface area contributed by atoms with Crippen LogP contribution in [0.25, 0.3) is 0 Å². The molecule has 4 nitrogen and oxygen atoms in total. The molecule has 3 atom stereocenters. The third-order valence-corrected chi connectivity index (χ3v) is 4.57. The van der Waals surface area contributed by atoms with Crippen LogP contribution in [0.4, 0.5) is 0 Å². The monoisotopic (exact) mass is 338 g/mol. The highest BCUT2D eigenvalue weighted by atomic mass is 16.5. The van der Waals surface area contributed by atoms with Crippen LogP contribution in [0, 0.1) is 5.92 Å². The van der Waals surface area contributed by atoms with E-state index in [0.29, 0.717) is 19.3 Å². The number of esters is 1. The van der Waals surface area contributed by atoms with E-state index >= 15 is 0 Å². The molecule has 1 rings (SSSR count). The van der Waals surface area contributed by atoms with Gasteiger partial charge in [-0.05, 0) is 12.8 Å². The number of ether oxygens (including phenoxy) is 1.